The number of aliphatic carboxylic acids is 1. The Kier molecular flexibility index (Phi) is 3.76. The first-order valence-corrected chi connectivity index (χ1v) is 7.39. The van der Waals surface area contributed by atoms with Crippen molar-refractivity contribution in [2.24, 2.45) is 5.92 Å². The topological polar surface area (TPSA) is 66.8 Å². The van der Waals surface area contributed by atoms with Gasteiger partial charge in [-0.3, -0.25) is 9.59 Å². The number of amides is 1. The molecule has 1 N–H and O–H groups in total. The third-order valence-corrected chi connectivity index (χ3v) is 4.36. The molecule has 1 amide bonds. The second kappa shape index (κ2) is 5.56. The molecule has 21 heavy (non-hydrogen) atoms. The zero-order valence-corrected chi connectivity index (χ0v) is 12.2. The Labute approximate surface area is 127 Å². The molecule has 1 fully saturated rings. The maximum atomic E-state index is 12.5. The summed E-state index contributed by atoms with van der Waals surface area (Å²) in [4.78, 5) is 25.1. The summed E-state index contributed by atoms with van der Waals surface area (Å²) < 4.78 is 5.69. The number of benzene rings is 1. The van der Waals surface area contributed by atoms with E-state index in [0.717, 1.165) is 5.56 Å². The summed E-state index contributed by atoms with van der Waals surface area (Å²) in [6.07, 6.45) is 1.02. The number of carbonyl (C=O) groups is 2. The standard InChI is InChI=1S/C15H16ClNO4/c16-11-1-2-12-10(7-11)8-13(21-12)14(18)17-5-3-9(4-6-17)15(19)20/h1-2,7,9,13H,3-6,8H2,(H,19,20)/t13-/m1/s1. The van der Waals surface area contributed by atoms with Crippen molar-refractivity contribution in [3.05, 3.63) is 28.8 Å². The monoisotopic (exact) mass is 309 g/mol. The predicted molar refractivity (Wildman–Crippen MR) is 76.5 cm³/mol. The number of fused-ring (bicyclic) bond motifs is 1. The Morgan fingerprint density at radius 2 is 2.00 bits per heavy atom. The van der Waals surface area contributed by atoms with Gasteiger partial charge in [-0.1, -0.05) is 11.6 Å². The lowest BCUT2D eigenvalue weighted by atomic mass is 9.96. The summed E-state index contributed by atoms with van der Waals surface area (Å²) in [5.41, 5.74) is 0.946. The number of hydrogen-bond donors (Lipinski definition) is 1. The number of carboxylic acid groups (broad SMARTS) is 1. The van der Waals surface area contributed by atoms with Crippen LogP contribution < -0.4 is 4.74 Å². The van der Waals surface area contributed by atoms with Gasteiger partial charge in [-0.05, 0) is 36.6 Å². The summed E-state index contributed by atoms with van der Waals surface area (Å²) in [6, 6.07) is 5.34. The average Bonchev–Trinajstić information content (AvgIpc) is 2.89. The molecule has 0 saturated carbocycles. The number of carbonyl (C=O) groups excluding carboxylic acids is 1. The van der Waals surface area contributed by atoms with Crippen LogP contribution in [0.5, 0.6) is 5.75 Å². The molecule has 1 aromatic carbocycles. The van der Waals surface area contributed by atoms with E-state index >= 15 is 0 Å². The van der Waals surface area contributed by atoms with Gasteiger partial charge in [0, 0.05) is 24.5 Å². The van der Waals surface area contributed by atoms with Gasteiger partial charge < -0.3 is 14.7 Å². The van der Waals surface area contributed by atoms with Crippen LogP contribution in [0.2, 0.25) is 5.02 Å². The molecule has 0 radical (unpaired) electrons. The zero-order chi connectivity index (χ0) is 15.0. The summed E-state index contributed by atoms with van der Waals surface area (Å²) in [7, 11) is 0. The van der Waals surface area contributed by atoms with E-state index in [1.54, 1.807) is 17.0 Å². The fourth-order valence-electron chi connectivity index (χ4n) is 2.91. The van der Waals surface area contributed by atoms with Crippen molar-refractivity contribution in [1.82, 2.24) is 4.90 Å². The third kappa shape index (κ3) is 2.83. The second-order valence-electron chi connectivity index (χ2n) is 5.50. The Hall–Kier alpha value is -1.75. The van der Waals surface area contributed by atoms with Gasteiger partial charge in [-0.2, -0.15) is 0 Å². The van der Waals surface area contributed by atoms with E-state index in [4.69, 9.17) is 21.4 Å². The molecule has 5 nitrogen and oxygen atoms in total. The quantitative estimate of drug-likeness (QED) is 0.907. The lowest BCUT2D eigenvalue weighted by molar-refractivity contribution is -0.147. The molecule has 2 aliphatic rings. The molecule has 1 saturated heterocycles. The van der Waals surface area contributed by atoms with Crippen LogP contribution in [0.3, 0.4) is 0 Å². The van der Waals surface area contributed by atoms with E-state index in [2.05, 4.69) is 0 Å². The largest absolute Gasteiger partial charge is 0.481 e. The highest BCUT2D eigenvalue weighted by atomic mass is 35.5. The molecule has 2 heterocycles. The highest BCUT2D eigenvalue weighted by Crippen LogP contribution is 2.32. The first-order chi connectivity index (χ1) is 10.0. The first-order valence-electron chi connectivity index (χ1n) is 7.01. The molecule has 1 atom stereocenters. The van der Waals surface area contributed by atoms with Crippen LogP contribution in [0.1, 0.15) is 18.4 Å². The molecule has 0 aliphatic carbocycles. The highest BCUT2D eigenvalue weighted by Gasteiger charge is 2.35. The van der Waals surface area contributed by atoms with Crippen molar-refractivity contribution < 1.29 is 19.4 Å². The van der Waals surface area contributed by atoms with Crippen LogP contribution in [0.15, 0.2) is 18.2 Å². The van der Waals surface area contributed by atoms with Crippen LogP contribution in [0.4, 0.5) is 0 Å². The zero-order valence-electron chi connectivity index (χ0n) is 11.4. The maximum Gasteiger partial charge on any atom is 0.306 e. The SMILES string of the molecule is O=C(O)C1CCN(C(=O)[C@H]2Cc3cc(Cl)ccc3O2)CC1. The van der Waals surface area contributed by atoms with Crippen LogP contribution in [0, 0.1) is 5.92 Å². The maximum absolute atomic E-state index is 12.5. The molecule has 2 aliphatic heterocycles. The number of hydrogen-bond acceptors (Lipinski definition) is 3. The van der Waals surface area contributed by atoms with Crippen molar-refractivity contribution in [3.63, 3.8) is 0 Å². The Balaban J connectivity index is 1.62. The number of ether oxygens (including phenoxy) is 1. The van der Waals surface area contributed by atoms with Crippen molar-refractivity contribution in [1.29, 1.82) is 0 Å². The predicted octanol–water partition coefficient (Wildman–Crippen LogP) is 1.97. The Bertz CT molecular complexity index is 581. The lowest BCUT2D eigenvalue weighted by Gasteiger charge is -2.31. The Morgan fingerprint density at radius 1 is 1.29 bits per heavy atom. The smallest absolute Gasteiger partial charge is 0.306 e. The third-order valence-electron chi connectivity index (χ3n) is 4.13. The fourth-order valence-corrected chi connectivity index (χ4v) is 3.10. The van der Waals surface area contributed by atoms with Crippen molar-refractivity contribution in [2.45, 2.75) is 25.4 Å². The van der Waals surface area contributed by atoms with E-state index in [0.29, 0.717) is 43.1 Å². The van der Waals surface area contributed by atoms with Crippen LogP contribution in [-0.2, 0) is 16.0 Å². The molecule has 0 spiro atoms. The van der Waals surface area contributed by atoms with Crippen molar-refractivity contribution >= 4 is 23.5 Å². The summed E-state index contributed by atoms with van der Waals surface area (Å²) in [5, 5.41) is 9.61. The van der Waals surface area contributed by atoms with Crippen LogP contribution >= 0.6 is 11.6 Å². The normalized spacial score (nSPS) is 21.8. The first kappa shape index (κ1) is 14.2. The average molecular weight is 310 g/mol. The van der Waals surface area contributed by atoms with Gasteiger partial charge in [-0.25, -0.2) is 0 Å². The minimum Gasteiger partial charge on any atom is -0.481 e. The van der Waals surface area contributed by atoms with Gasteiger partial charge >= 0.3 is 5.97 Å². The fraction of sp³-hybridized carbons (Fsp3) is 0.467. The molecular weight excluding hydrogens is 294 g/mol. The van der Waals surface area contributed by atoms with Gasteiger partial charge in [0.05, 0.1) is 5.92 Å². The van der Waals surface area contributed by atoms with Gasteiger partial charge in [0.1, 0.15) is 5.75 Å². The summed E-state index contributed by atoms with van der Waals surface area (Å²) in [6.45, 7) is 0.958. The van der Waals surface area contributed by atoms with Gasteiger partial charge in [0.15, 0.2) is 6.10 Å². The number of likely N-dealkylation sites (tertiary alicyclic amines) is 1. The van der Waals surface area contributed by atoms with E-state index < -0.39 is 12.1 Å². The number of piperidine rings is 1. The molecule has 0 aromatic heterocycles. The van der Waals surface area contributed by atoms with E-state index in [-0.39, 0.29) is 11.8 Å². The van der Waals surface area contributed by atoms with Gasteiger partial charge in [0.25, 0.3) is 5.91 Å². The van der Waals surface area contributed by atoms with Gasteiger partial charge in [0.2, 0.25) is 0 Å². The minimum absolute atomic E-state index is 0.0637. The number of halogens is 1. The molecule has 3 rings (SSSR count). The van der Waals surface area contributed by atoms with Crippen LogP contribution in [0.25, 0.3) is 0 Å². The van der Waals surface area contributed by atoms with Crippen molar-refractivity contribution in [3.8, 4) is 5.75 Å². The Morgan fingerprint density at radius 3 is 2.67 bits per heavy atom. The van der Waals surface area contributed by atoms with E-state index in [1.165, 1.54) is 0 Å². The lowest BCUT2D eigenvalue weighted by Crippen LogP contribution is -2.46. The summed E-state index contributed by atoms with van der Waals surface area (Å²) in [5.74, 6) is -0.472. The second-order valence-corrected chi connectivity index (χ2v) is 5.94. The summed E-state index contributed by atoms with van der Waals surface area (Å²) >= 11 is 5.94. The van der Waals surface area contributed by atoms with E-state index in [9.17, 15) is 9.59 Å². The molecule has 6 heteroatoms. The van der Waals surface area contributed by atoms with Crippen LogP contribution in [-0.4, -0.2) is 41.1 Å². The van der Waals surface area contributed by atoms with Gasteiger partial charge in [-0.15, -0.1) is 0 Å². The van der Waals surface area contributed by atoms with E-state index in [1.807, 2.05) is 6.07 Å². The highest BCUT2D eigenvalue weighted by molar-refractivity contribution is 6.30. The molecule has 112 valence electrons. The minimum atomic E-state index is -0.777. The number of nitrogens with zero attached hydrogens (tertiary/aromatic N) is 1. The molecular formula is C15H16ClNO4. The molecule has 1 aromatic rings. The molecule has 0 bridgehead atoms. The van der Waals surface area contributed by atoms with Crippen molar-refractivity contribution in [2.75, 3.05) is 13.1 Å². The number of carboxylic acids is 1. The molecule has 0 unspecified atom stereocenters. The number of rotatable bonds is 2.